The molecule has 0 fully saturated rings. The van der Waals surface area contributed by atoms with E-state index in [1.165, 1.54) is 32.1 Å². The second-order valence-corrected chi connectivity index (χ2v) is 6.33. The molecule has 4 nitrogen and oxygen atoms in total. The predicted molar refractivity (Wildman–Crippen MR) is 99.9 cm³/mol. The molecule has 0 heterocycles. The van der Waals surface area contributed by atoms with Gasteiger partial charge in [-0.05, 0) is 31.0 Å². The number of benzene rings is 1. The molecule has 0 aliphatic rings. The third-order valence-corrected chi connectivity index (χ3v) is 4.05. The maximum atomic E-state index is 12.1. The lowest BCUT2D eigenvalue weighted by Crippen LogP contribution is -2.10. The van der Waals surface area contributed by atoms with Crippen molar-refractivity contribution in [2.24, 2.45) is 0 Å². The molecule has 0 spiro atoms. The molecule has 0 N–H and O–H groups in total. The highest BCUT2D eigenvalue weighted by Gasteiger charge is 2.12. The molecule has 1 aromatic carbocycles. The fraction of sp³-hybridized carbons (Fsp3) is 0.619. The van der Waals surface area contributed by atoms with Crippen LogP contribution in [0.4, 0.5) is 0 Å². The number of carbonyl (C=O) groups excluding carboxylic acids is 2. The molecule has 140 valence electrons. The van der Waals surface area contributed by atoms with Gasteiger partial charge in [-0.1, -0.05) is 64.9 Å². The average Bonchev–Trinajstić information content (AvgIpc) is 2.64. The van der Waals surface area contributed by atoms with Gasteiger partial charge in [0.15, 0.2) is 0 Å². The zero-order valence-electron chi connectivity index (χ0n) is 15.7. The van der Waals surface area contributed by atoms with E-state index < -0.39 is 5.97 Å². The number of unbranched alkanes of at least 4 members (excludes halogenated alkanes) is 7. The van der Waals surface area contributed by atoms with Crippen LogP contribution in [0.25, 0.3) is 0 Å². The summed E-state index contributed by atoms with van der Waals surface area (Å²) in [5.74, 6) is -0.774. The third-order valence-electron chi connectivity index (χ3n) is 4.05. The van der Waals surface area contributed by atoms with Gasteiger partial charge in [-0.2, -0.15) is 0 Å². The van der Waals surface area contributed by atoms with Crippen LogP contribution in [-0.2, 0) is 9.47 Å². The second-order valence-electron chi connectivity index (χ2n) is 6.33. The number of carbonyl (C=O) groups is 2. The van der Waals surface area contributed by atoms with Crippen molar-refractivity contribution in [3.8, 4) is 0 Å². The Morgan fingerprint density at radius 2 is 1.20 bits per heavy atom. The second kappa shape index (κ2) is 13.5. The number of ether oxygens (including phenoxy) is 2. The Morgan fingerprint density at radius 3 is 1.76 bits per heavy atom. The first kappa shape index (κ1) is 21.2. The number of hydrogen-bond acceptors (Lipinski definition) is 4. The van der Waals surface area contributed by atoms with Gasteiger partial charge in [0, 0.05) is 0 Å². The maximum absolute atomic E-state index is 12.1. The van der Waals surface area contributed by atoms with Crippen molar-refractivity contribution in [2.45, 2.75) is 71.6 Å². The van der Waals surface area contributed by atoms with Crippen LogP contribution in [0, 0.1) is 0 Å². The van der Waals surface area contributed by atoms with Crippen LogP contribution in [0.1, 0.15) is 92.4 Å². The summed E-state index contributed by atoms with van der Waals surface area (Å²) in [4.78, 5) is 24.0. The summed E-state index contributed by atoms with van der Waals surface area (Å²) in [6, 6.07) is 6.54. The molecule has 0 aliphatic carbocycles. The molecule has 0 saturated heterocycles. The van der Waals surface area contributed by atoms with Crippen LogP contribution in [0.5, 0.6) is 0 Å². The van der Waals surface area contributed by atoms with Crippen molar-refractivity contribution in [2.75, 3.05) is 13.2 Å². The molecule has 1 rings (SSSR count). The molecule has 0 saturated carbocycles. The molecule has 0 amide bonds. The van der Waals surface area contributed by atoms with Crippen LogP contribution in [0.2, 0.25) is 0 Å². The Bertz CT molecular complexity index is 510. The van der Waals surface area contributed by atoms with Gasteiger partial charge < -0.3 is 9.47 Å². The minimum Gasteiger partial charge on any atom is -0.462 e. The summed E-state index contributed by atoms with van der Waals surface area (Å²) in [5.41, 5.74) is 0.786. The molecule has 0 radical (unpaired) electrons. The molecular weight excluding hydrogens is 316 g/mol. The lowest BCUT2D eigenvalue weighted by molar-refractivity contribution is 0.0497. The molecule has 0 bridgehead atoms. The van der Waals surface area contributed by atoms with Gasteiger partial charge in [-0.25, -0.2) is 9.59 Å². The van der Waals surface area contributed by atoms with Crippen molar-refractivity contribution in [3.63, 3.8) is 0 Å². The van der Waals surface area contributed by atoms with E-state index in [1.807, 2.05) is 6.92 Å². The molecule has 4 heteroatoms. The fourth-order valence-electron chi connectivity index (χ4n) is 2.47. The lowest BCUT2D eigenvalue weighted by Gasteiger charge is -2.07. The highest BCUT2D eigenvalue weighted by atomic mass is 16.5. The van der Waals surface area contributed by atoms with Gasteiger partial charge in [-0.15, -0.1) is 0 Å². The number of hydrogen-bond donors (Lipinski definition) is 0. The van der Waals surface area contributed by atoms with Crippen LogP contribution < -0.4 is 0 Å². The van der Waals surface area contributed by atoms with E-state index in [0.29, 0.717) is 24.3 Å². The highest BCUT2D eigenvalue weighted by Crippen LogP contribution is 2.10. The third kappa shape index (κ3) is 9.28. The summed E-state index contributed by atoms with van der Waals surface area (Å²) < 4.78 is 10.5. The SMILES string of the molecule is CCCCCCCCCOC(=O)c1cccc(C(=O)OCCCC)c1. The van der Waals surface area contributed by atoms with E-state index in [2.05, 4.69) is 6.92 Å². The van der Waals surface area contributed by atoms with Gasteiger partial charge in [0.25, 0.3) is 0 Å². The van der Waals surface area contributed by atoms with E-state index in [9.17, 15) is 9.59 Å². The van der Waals surface area contributed by atoms with Gasteiger partial charge in [0.1, 0.15) is 0 Å². The number of esters is 2. The first-order valence-electron chi connectivity index (χ1n) is 9.63. The smallest absolute Gasteiger partial charge is 0.338 e. The highest BCUT2D eigenvalue weighted by molar-refractivity contribution is 5.95. The average molecular weight is 348 g/mol. The topological polar surface area (TPSA) is 52.6 Å². The molecule has 1 aromatic rings. The molecule has 0 atom stereocenters. The van der Waals surface area contributed by atoms with E-state index in [1.54, 1.807) is 24.3 Å². The standard InChI is InChI=1S/C21H32O4/c1-3-5-7-8-9-10-11-16-25-21(23)19-14-12-13-18(17-19)20(22)24-15-6-4-2/h12-14,17H,3-11,15-16H2,1-2H3. The van der Waals surface area contributed by atoms with Gasteiger partial charge in [-0.3, -0.25) is 0 Å². The minimum atomic E-state index is -0.393. The predicted octanol–water partition coefficient (Wildman–Crippen LogP) is 5.55. The molecule has 0 unspecified atom stereocenters. The Labute approximate surface area is 151 Å². The summed E-state index contributed by atoms with van der Waals surface area (Å²) in [7, 11) is 0. The Hall–Kier alpha value is -1.84. The Balaban J connectivity index is 2.31. The molecular formula is C21H32O4. The van der Waals surface area contributed by atoms with Crippen molar-refractivity contribution in [1.29, 1.82) is 0 Å². The van der Waals surface area contributed by atoms with Crippen molar-refractivity contribution in [3.05, 3.63) is 35.4 Å². The Kier molecular flexibility index (Phi) is 11.4. The van der Waals surface area contributed by atoms with E-state index in [4.69, 9.17) is 9.47 Å². The minimum absolute atomic E-state index is 0.380. The van der Waals surface area contributed by atoms with Gasteiger partial charge in [0.2, 0.25) is 0 Å². The zero-order chi connectivity index (χ0) is 18.3. The van der Waals surface area contributed by atoms with Crippen LogP contribution in [0.15, 0.2) is 24.3 Å². The van der Waals surface area contributed by atoms with Crippen LogP contribution in [-0.4, -0.2) is 25.2 Å². The van der Waals surface area contributed by atoms with Crippen molar-refractivity contribution < 1.29 is 19.1 Å². The Morgan fingerprint density at radius 1 is 0.720 bits per heavy atom. The van der Waals surface area contributed by atoms with Gasteiger partial charge >= 0.3 is 11.9 Å². The molecule has 0 aliphatic heterocycles. The summed E-state index contributed by atoms with van der Waals surface area (Å²) >= 11 is 0. The largest absolute Gasteiger partial charge is 0.462 e. The summed E-state index contributed by atoms with van der Waals surface area (Å²) in [6.45, 7) is 5.08. The monoisotopic (exact) mass is 348 g/mol. The maximum Gasteiger partial charge on any atom is 0.338 e. The lowest BCUT2D eigenvalue weighted by atomic mass is 10.1. The van der Waals surface area contributed by atoms with Crippen LogP contribution >= 0.6 is 0 Å². The zero-order valence-corrected chi connectivity index (χ0v) is 15.7. The quantitative estimate of drug-likeness (QED) is 0.346. The first-order chi connectivity index (χ1) is 12.2. The van der Waals surface area contributed by atoms with Crippen molar-refractivity contribution >= 4 is 11.9 Å². The summed E-state index contributed by atoms with van der Waals surface area (Å²) in [5, 5.41) is 0. The van der Waals surface area contributed by atoms with Crippen molar-refractivity contribution in [1.82, 2.24) is 0 Å². The fourth-order valence-corrected chi connectivity index (χ4v) is 2.47. The number of rotatable bonds is 13. The first-order valence-corrected chi connectivity index (χ1v) is 9.63. The van der Waals surface area contributed by atoms with E-state index in [-0.39, 0.29) is 5.97 Å². The van der Waals surface area contributed by atoms with E-state index >= 15 is 0 Å². The van der Waals surface area contributed by atoms with Gasteiger partial charge in [0.05, 0.1) is 24.3 Å². The summed E-state index contributed by atoms with van der Waals surface area (Å²) in [6.07, 6.45) is 10.1. The normalized spacial score (nSPS) is 10.5. The van der Waals surface area contributed by atoms with E-state index in [0.717, 1.165) is 25.7 Å². The van der Waals surface area contributed by atoms with Crippen LogP contribution in [0.3, 0.4) is 0 Å². The molecule has 25 heavy (non-hydrogen) atoms. The molecule has 0 aromatic heterocycles.